The van der Waals surface area contributed by atoms with Crippen LogP contribution in [0.15, 0.2) is 18.3 Å². The van der Waals surface area contributed by atoms with Crippen molar-refractivity contribution in [2.24, 2.45) is 5.41 Å². The van der Waals surface area contributed by atoms with Crippen LogP contribution in [0.1, 0.15) is 49.8 Å². The minimum Gasteiger partial charge on any atom is -0.475 e. The number of carbonyl (C=O) groups is 3. The molecule has 41 heavy (non-hydrogen) atoms. The third-order valence-corrected chi connectivity index (χ3v) is 9.39. The maximum atomic E-state index is 12.3. The summed E-state index contributed by atoms with van der Waals surface area (Å²) >= 11 is 0. The molecule has 1 aromatic rings. The Hall–Kier alpha value is -2.95. The van der Waals surface area contributed by atoms with Crippen molar-refractivity contribution in [3.8, 4) is 0 Å². The van der Waals surface area contributed by atoms with Gasteiger partial charge >= 0.3 is 24.3 Å². The Morgan fingerprint density at radius 3 is 1.98 bits per heavy atom. The van der Waals surface area contributed by atoms with E-state index in [9.17, 15) is 39.6 Å². The number of piperidine rings is 1. The molecule has 3 aliphatic rings. The molecule has 0 aromatic carbocycles. The van der Waals surface area contributed by atoms with Crippen molar-refractivity contribution in [2.75, 3.05) is 18.8 Å². The summed E-state index contributed by atoms with van der Waals surface area (Å²) in [5.74, 6) is -5.62. The molecular formula is C24H31F6N3O7S. The lowest BCUT2D eigenvalue weighted by Gasteiger charge is -2.52. The van der Waals surface area contributed by atoms with Gasteiger partial charge in [-0.15, -0.1) is 0 Å². The second kappa shape index (κ2) is 13.4. The molecule has 10 nitrogen and oxygen atoms in total. The Kier molecular flexibility index (Phi) is 11.2. The predicted molar refractivity (Wildman–Crippen MR) is 131 cm³/mol. The van der Waals surface area contributed by atoms with Crippen molar-refractivity contribution < 1.29 is 59.4 Å². The number of halogens is 6. The van der Waals surface area contributed by atoms with Crippen molar-refractivity contribution in [1.29, 1.82) is 0 Å². The maximum absolute atomic E-state index is 12.3. The van der Waals surface area contributed by atoms with E-state index < -0.39 is 39.4 Å². The highest BCUT2D eigenvalue weighted by molar-refractivity contribution is 7.93. The summed E-state index contributed by atoms with van der Waals surface area (Å²) in [5.41, 5.74) is 2.73. The average Bonchev–Trinajstić information content (AvgIpc) is 3.19. The summed E-state index contributed by atoms with van der Waals surface area (Å²) in [6.07, 6.45) is -2.95. The molecule has 1 atom stereocenters. The molecule has 1 spiro atoms. The number of carboxylic acid groups (broad SMARTS) is 2. The molecule has 3 N–H and O–H groups in total. The number of rotatable bonds is 4. The van der Waals surface area contributed by atoms with Crippen LogP contribution < -0.4 is 5.32 Å². The van der Waals surface area contributed by atoms with Crippen LogP contribution in [-0.4, -0.2) is 88.8 Å². The molecule has 1 aliphatic carbocycles. The van der Waals surface area contributed by atoms with E-state index in [1.807, 2.05) is 12.3 Å². The zero-order chi connectivity index (χ0) is 31.2. The molecular weight excluding hydrogens is 588 g/mol. The Morgan fingerprint density at radius 1 is 1.05 bits per heavy atom. The number of amides is 1. The van der Waals surface area contributed by atoms with Gasteiger partial charge in [-0.3, -0.25) is 14.7 Å². The molecule has 3 heterocycles. The highest BCUT2D eigenvalue weighted by Gasteiger charge is 2.47. The second-order valence-corrected chi connectivity index (χ2v) is 12.6. The smallest absolute Gasteiger partial charge is 0.475 e. The molecule has 0 radical (unpaired) electrons. The number of sulfone groups is 1. The standard InChI is InChI=1S/C20H29N3O3S.2C2HF3O2/c1-15-4-2-8-21-17(15)14-23-9-6-20(7-10-23)12-16(13-20)22-19(24)18-5-3-11-27(18,25)26;2*3-2(4,5)1(6)7/h2,4,8,16,18H,3,5-7,9-14H2,1H3,(H,22,24);2*(H,6,7). The minimum atomic E-state index is -5.08. The molecule has 1 saturated carbocycles. The topological polar surface area (TPSA) is 154 Å². The first-order chi connectivity index (χ1) is 18.8. The van der Waals surface area contributed by atoms with E-state index in [0.717, 1.165) is 51.0 Å². The molecule has 3 fully saturated rings. The normalized spacial score (nSPS) is 21.9. The van der Waals surface area contributed by atoms with E-state index in [2.05, 4.69) is 28.2 Å². The lowest BCUT2D eigenvalue weighted by Crippen LogP contribution is -2.56. The van der Waals surface area contributed by atoms with Crippen LogP contribution in [0, 0.1) is 12.3 Å². The first-order valence-electron chi connectivity index (χ1n) is 12.5. The van der Waals surface area contributed by atoms with Gasteiger partial charge in [0.2, 0.25) is 5.91 Å². The van der Waals surface area contributed by atoms with E-state index in [4.69, 9.17) is 19.8 Å². The number of alkyl halides is 6. The molecule has 4 rings (SSSR count). The number of hydrogen-bond donors (Lipinski definition) is 3. The van der Waals surface area contributed by atoms with Crippen LogP contribution >= 0.6 is 0 Å². The van der Waals surface area contributed by atoms with Gasteiger partial charge in [0.15, 0.2) is 9.84 Å². The number of likely N-dealkylation sites (tertiary alicyclic amines) is 1. The molecule has 17 heteroatoms. The van der Waals surface area contributed by atoms with Gasteiger partial charge in [-0.1, -0.05) is 6.07 Å². The van der Waals surface area contributed by atoms with E-state index >= 15 is 0 Å². The average molecular weight is 620 g/mol. The van der Waals surface area contributed by atoms with Crippen molar-refractivity contribution in [3.63, 3.8) is 0 Å². The second-order valence-electron chi connectivity index (χ2n) is 10.3. The molecule has 1 amide bonds. The van der Waals surface area contributed by atoms with Gasteiger partial charge < -0.3 is 15.5 Å². The lowest BCUT2D eigenvalue weighted by atomic mass is 9.60. The van der Waals surface area contributed by atoms with Gasteiger partial charge in [-0.05, 0) is 75.6 Å². The number of nitrogens with zero attached hydrogens (tertiary/aromatic N) is 2. The zero-order valence-electron chi connectivity index (χ0n) is 22.0. The summed E-state index contributed by atoms with van der Waals surface area (Å²) in [5, 5.41) is 16.4. The maximum Gasteiger partial charge on any atom is 0.490 e. The summed E-state index contributed by atoms with van der Waals surface area (Å²) in [7, 11) is -3.21. The lowest BCUT2D eigenvalue weighted by molar-refractivity contribution is -0.193. The number of pyridine rings is 1. The predicted octanol–water partition coefficient (Wildman–Crippen LogP) is 3.09. The Labute approximate surface area is 232 Å². The van der Waals surface area contributed by atoms with Gasteiger partial charge in [0, 0.05) is 18.8 Å². The monoisotopic (exact) mass is 619 g/mol. The third-order valence-electron chi connectivity index (χ3n) is 7.22. The fourth-order valence-electron chi connectivity index (χ4n) is 4.96. The van der Waals surface area contributed by atoms with Gasteiger partial charge in [-0.25, -0.2) is 18.0 Å². The highest BCUT2D eigenvalue weighted by Crippen LogP contribution is 2.49. The number of aromatic nitrogens is 1. The highest BCUT2D eigenvalue weighted by atomic mass is 32.2. The van der Waals surface area contributed by atoms with Crippen molar-refractivity contribution in [3.05, 3.63) is 29.6 Å². The summed E-state index contributed by atoms with van der Waals surface area (Å²) < 4.78 is 87.3. The van der Waals surface area contributed by atoms with Gasteiger partial charge in [0.1, 0.15) is 5.25 Å². The number of carboxylic acids is 2. The minimum absolute atomic E-state index is 0.151. The van der Waals surface area contributed by atoms with Crippen LogP contribution in [-0.2, 0) is 30.8 Å². The van der Waals surface area contributed by atoms with Crippen LogP contribution in [0.3, 0.4) is 0 Å². The van der Waals surface area contributed by atoms with Crippen molar-refractivity contribution in [2.45, 2.75) is 75.6 Å². The number of hydrogen-bond acceptors (Lipinski definition) is 7. The Balaban J connectivity index is 0.000000349. The van der Waals surface area contributed by atoms with Crippen molar-refractivity contribution in [1.82, 2.24) is 15.2 Å². The number of aryl methyl sites for hydroxylation is 1. The van der Waals surface area contributed by atoms with Gasteiger partial charge in [0.25, 0.3) is 0 Å². The Bertz CT molecular complexity index is 1170. The van der Waals surface area contributed by atoms with Crippen LogP contribution in [0.25, 0.3) is 0 Å². The van der Waals surface area contributed by atoms with E-state index in [-0.39, 0.29) is 17.7 Å². The molecule has 0 bridgehead atoms. The third kappa shape index (κ3) is 10.1. The molecule has 2 aliphatic heterocycles. The summed E-state index contributed by atoms with van der Waals surface area (Å²) in [4.78, 5) is 37.1. The van der Waals surface area contributed by atoms with E-state index in [1.54, 1.807) is 0 Å². The quantitative estimate of drug-likeness (QED) is 0.432. The number of nitrogens with one attached hydrogen (secondary N) is 1. The SMILES string of the molecule is Cc1cccnc1CN1CCC2(CC1)CC(NC(=O)C1CCCS1(=O)=O)C2.O=C(O)C(F)(F)F.O=C(O)C(F)(F)F. The molecule has 232 valence electrons. The molecule has 2 saturated heterocycles. The first kappa shape index (κ1) is 34.3. The molecule has 1 unspecified atom stereocenters. The number of carbonyl (C=O) groups excluding carboxylic acids is 1. The van der Waals surface area contributed by atoms with Gasteiger partial charge in [-0.2, -0.15) is 26.3 Å². The molecule has 1 aromatic heterocycles. The van der Waals surface area contributed by atoms with Crippen LogP contribution in [0.2, 0.25) is 0 Å². The van der Waals surface area contributed by atoms with E-state index in [0.29, 0.717) is 18.3 Å². The van der Waals surface area contributed by atoms with Crippen molar-refractivity contribution >= 4 is 27.7 Å². The largest absolute Gasteiger partial charge is 0.490 e. The first-order valence-corrected chi connectivity index (χ1v) is 14.2. The summed E-state index contributed by atoms with van der Waals surface area (Å²) in [6.45, 7) is 5.14. The number of aliphatic carboxylic acids is 2. The fraction of sp³-hybridized carbons (Fsp3) is 0.667. The van der Waals surface area contributed by atoms with Crippen LogP contribution in [0.4, 0.5) is 26.3 Å². The van der Waals surface area contributed by atoms with Crippen LogP contribution in [0.5, 0.6) is 0 Å². The zero-order valence-corrected chi connectivity index (χ0v) is 22.8. The van der Waals surface area contributed by atoms with E-state index in [1.165, 1.54) is 5.56 Å². The fourth-order valence-corrected chi connectivity index (χ4v) is 6.73. The van der Waals surface area contributed by atoms with Gasteiger partial charge in [0.05, 0.1) is 11.4 Å². The Morgan fingerprint density at radius 2 is 1.56 bits per heavy atom. The summed E-state index contributed by atoms with van der Waals surface area (Å²) in [6, 6.07) is 4.24.